The molecule has 0 aliphatic rings. The summed E-state index contributed by atoms with van der Waals surface area (Å²) in [6.07, 6.45) is -1.40. The molecule has 21 heavy (non-hydrogen) atoms. The number of pyridine rings is 1. The molecule has 0 aliphatic heterocycles. The quantitative estimate of drug-likeness (QED) is 0.752. The molecular weight excluding hydrogens is 301 g/mol. The number of allylic oxidation sites excluding steroid dienone is 1. The van der Waals surface area contributed by atoms with Gasteiger partial charge >= 0.3 is 6.18 Å². The SMILES string of the molecule is N#C/C(=C(\Cl)c1ccc(C(F)(F)F)cc1)c1cccnc1. The zero-order chi connectivity index (χ0) is 15.5. The van der Waals surface area contributed by atoms with Gasteiger partial charge in [0, 0.05) is 18.0 Å². The van der Waals surface area contributed by atoms with Gasteiger partial charge in [0.05, 0.1) is 16.2 Å². The van der Waals surface area contributed by atoms with E-state index in [1.54, 1.807) is 18.3 Å². The molecule has 0 saturated heterocycles. The minimum absolute atomic E-state index is 0.0826. The van der Waals surface area contributed by atoms with Crippen molar-refractivity contribution < 1.29 is 13.2 Å². The Kier molecular flexibility index (Phi) is 4.29. The Balaban J connectivity index is 2.45. The lowest BCUT2D eigenvalue weighted by Gasteiger charge is -2.08. The molecule has 0 aliphatic carbocycles. The zero-order valence-electron chi connectivity index (χ0n) is 10.5. The van der Waals surface area contributed by atoms with Gasteiger partial charge in [0.25, 0.3) is 0 Å². The average Bonchev–Trinajstić information content (AvgIpc) is 2.48. The largest absolute Gasteiger partial charge is 0.416 e. The van der Waals surface area contributed by atoms with Crippen LogP contribution in [-0.4, -0.2) is 4.98 Å². The molecule has 0 amide bonds. The van der Waals surface area contributed by atoms with Crippen molar-refractivity contribution in [3.63, 3.8) is 0 Å². The highest BCUT2D eigenvalue weighted by atomic mass is 35.5. The van der Waals surface area contributed by atoms with Crippen molar-refractivity contribution in [2.45, 2.75) is 6.18 Å². The second kappa shape index (κ2) is 5.98. The predicted molar refractivity (Wildman–Crippen MR) is 74.0 cm³/mol. The smallest absolute Gasteiger partial charge is 0.264 e. The molecule has 0 radical (unpaired) electrons. The van der Waals surface area contributed by atoms with E-state index >= 15 is 0 Å². The molecule has 1 aromatic heterocycles. The molecule has 1 heterocycles. The van der Waals surface area contributed by atoms with Crippen LogP contribution in [0.1, 0.15) is 16.7 Å². The number of nitrogens with zero attached hydrogens (tertiary/aromatic N) is 2. The Bertz CT molecular complexity index is 698. The van der Waals surface area contributed by atoms with E-state index in [2.05, 4.69) is 4.98 Å². The fraction of sp³-hybridized carbons (Fsp3) is 0.0667. The van der Waals surface area contributed by atoms with Crippen LogP contribution in [0.25, 0.3) is 10.6 Å². The Hall–Kier alpha value is -2.32. The molecular formula is C15H8ClF3N2. The lowest BCUT2D eigenvalue weighted by atomic mass is 10.0. The van der Waals surface area contributed by atoms with Crippen molar-refractivity contribution >= 4 is 22.2 Å². The van der Waals surface area contributed by atoms with Gasteiger partial charge in [0.15, 0.2) is 0 Å². The monoisotopic (exact) mass is 308 g/mol. The van der Waals surface area contributed by atoms with Gasteiger partial charge in [0.1, 0.15) is 6.07 Å². The third-order valence-corrected chi connectivity index (χ3v) is 3.15. The first-order valence-electron chi connectivity index (χ1n) is 5.81. The molecule has 0 N–H and O–H groups in total. The van der Waals surface area contributed by atoms with Crippen molar-refractivity contribution in [3.8, 4) is 6.07 Å². The summed E-state index contributed by atoms with van der Waals surface area (Å²) in [4.78, 5) is 3.88. The van der Waals surface area contributed by atoms with E-state index in [1.165, 1.54) is 18.3 Å². The summed E-state index contributed by atoms with van der Waals surface area (Å²) in [7, 11) is 0. The number of hydrogen-bond acceptors (Lipinski definition) is 2. The number of benzene rings is 1. The first kappa shape index (κ1) is 15.1. The summed E-state index contributed by atoms with van der Waals surface area (Å²) in [6, 6.07) is 9.56. The summed E-state index contributed by atoms with van der Waals surface area (Å²) in [6.45, 7) is 0. The van der Waals surface area contributed by atoms with E-state index in [4.69, 9.17) is 11.6 Å². The lowest BCUT2D eigenvalue weighted by Crippen LogP contribution is -2.04. The van der Waals surface area contributed by atoms with Gasteiger partial charge in [-0.25, -0.2) is 0 Å². The van der Waals surface area contributed by atoms with Gasteiger partial charge < -0.3 is 0 Å². The Morgan fingerprint density at radius 2 is 1.76 bits per heavy atom. The standard InChI is InChI=1S/C15H8ClF3N2/c16-14(13(8-20)11-2-1-7-21-9-11)10-3-5-12(6-4-10)15(17,18)19/h1-7,9H/b14-13+. The average molecular weight is 309 g/mol. The van der Waals surface area contributed by atoms with Crippen LogP contribution in [0, 0.1) is 11.3 Å². The van der Waals surface area contributed by atoms with Crippen molar-refractivity contribution in [2.75, 3.05) is 0 Å². The molecule has 0 unspecified atom stereocenters. The van der Waals surface area contributed by atoms with E-state index < -0.39 is 11.7 Å². The molecule has 2 aromatic rings. The highest BCUT2D eigenvalue weighted by molar-refractivity contribution is 6.53. The van der Waals surface area contributed by atoms with Crippen molar-refractivity contribution in [1.82, 2.24) is 4.98 Å². The molecule has 6 heteroatoms. The van der Waals surface area contributed by atoms with Crippen LogP contribution in [0.5, 0.6) is 0 Å². The van der Waals surface area contributed by atoms with Crippen LogP contribution >= 0.6 is 11.6 Å². The maximum atomic E-state index is 12.5. The fourth-order valence-corrected chi connectivity index (χ4v) is 1.98. The highest BCUT2D eigenvalue weighted by Gasteiger charge is 2.30. The van der Waals surface area contributed by atoms with Crippen molar-refractivity contribution in [2.24, 2.45) is 0 Å². The summed E-state index contributed by atoms with van der Waals surface area (Å²) < 4.78 is 37.5. The summed E-state index contributed by atoms with van der Waals surface area (Å²) >= 11 is 6.12. The predicted octanol–water partition coefficient (Wildman–Crippen LogP) is 4.73. The van der Waals surface area contributed by atoms with E-state index in [0.717, 1.165) is 12.1 Å². The van der Waals surface area contributed by atoms with Crippen molar-refractivity contribution in [1.29, 1.82) is 5.26 Å². The lowest BCUT2D eigenvalue weighted by molar-refractivity contribution is -0.137. The van der Waals surface area contributed by atoms with E-state index in [0.29, 0.717) is 11.1 Å². The summed E-state index contributed by atoms with van der Waals surface area (Å²) in [5, 5.41) is 9.28. The van der Waals surface area contributed by atoms with Crippen LogP contribution < -0.4 is 0 Å². The Labute approximate surface area is 124 Å². The van der Waals surface area contributed by atoms with Crippen LogP contribution in [0.2, 0.25) is 0 Å². The Morgan fingerprint density at radius 1 is 1.10 bits per heavy atom. The summed E-state index contributed by atoms with van der Waals surface area (Å²) in [5.41, 5.74) is 0.232. The van der Waals surface area contributed by atoms with Gasteiger partial charge in [0.2, 0.25) is 0 Å². The molecule has 1 aromatic carbocycles. The molecule has 0 saturated carbocycles. The maximum Gasteiger partial charge on any atom is 0.416 e. The molecule has 0 bridgehead atoms. The normalized spacial score (nSPS) is 12.5. The highest BCUT2D eigenvalue weighted by Crippen LogP contribution is 2.33. The van der Waals surface area contributed by atoms with Gasteiger partial charge in [-0.05, 0) is 23.8 Å². The van der Waals surface area contributed by atoms with E-state index in [9.17, 15) is 18.4 Å². The molecule has 0 spiro atoms. The molecule has 0 fully saturated rings. The number of alkyl halides is 3. The Morgan fingerprint density at radius 3 is 2.24 bits per heavy atom. The van der Waals surface area contributed by atoms with Crippen LogP contribution in [0.4, 0.5) is 13.2 Å². The van der Waals surface area contributed by atoms with E-state index in [-0.39, 0.29) is 10.6 Å². The number of rotatable bonds is 2. The molecule has 0 atom stereocenters. The zero-order valence-corrected chi connectivity index (χ0v) is 11.3. The third kappa shape index (κ3) is 3.41. The van der Waals surface area contributed by atoms with Crippen molar-refractivity contribution in [3.05, 3.63) is 65.5 Å². The molecule has 2 nitrogen and oxygen atoms in total. The van der Waals surface area contributed by atoms with E-state index in [1.807, 2.05) is 6.07 Å². The first-order chi connectivity index (χ1) is 9.93. The maximum absolute atomic E-state index is 12.5. The van der Waals surface area contributed by atoms with Gasteiger partial charge in [-0.2, -0.15) is 18.4 Å². The molecule has 2 rings (SSSR count). The van der Waals surface area contributed by atoms with Crippen LogP contribution in [0.3, 0.4) is 0 Å². The summed E-state index contributed by atoms with van der Waals surface area (Å²) in [5.74, 6) is 0. The number of aromatic nitrogens is 1. The topological polar surface area (TPSA) is 36.7 Å². The second-order valence-corrected chi connectivity index (χ2v) is 4.50. The van der Waals surface area contributed by atoms with Crippen LogP contribution in [-0.2, 0) is 6.18 Å². The minimum atomic E-state index is -4.41. The van der Waals surface area contributed by atoms with Gasteiger partial charge in [-0.1, -0.05) is 29.8 Å². The van der Waals surface area contributed by atoms with Gasteiger partial charge in [-0.15, -0.1) is 0 Å². The number of halogens is 4. The molecule has 106 valence electrons. The van der Waals surface area contributed by atoms with Gasteiger partial charge in [-0.3, -0.25) is 4.98 Å². The van der Waals surface area contributed by atoms with Crippen LogP contribution in [0.15, 0.2) is 48.8 Å². The number of nitriles is 1. The fourth-order valence-electron chi connectivity index (χ4n) is 1.70. The third-order valence-electron chi connectivity index (χ3n) is 2.75. The number of hydrogen-bond donors (Lipinski definition) is 0. The first-order valence-corrected chi connectivity index (χ1v) is 6.19. The second-order valence-electron chi connectivity index (χ2n) is 4.12. The minimum Gasteiger partial charge on any atom is -0.264 e.